The molecule has 2 aromatic carbocycles. The Hall–Kier alpha value is -2.56. The van der Waals surface area contributed by atoms with Gasteiger partial charge in [-0.1, -0.05) is 49.2 Å². The number of hydrogen-bond donors (Lipinski definition) is 1. The molecule has 0 fully saturated rings. The first-order valence-electron chi connectivity index (χ1n) is 9.86. The molecule has 4 nitrogen and oxygen atoms in total. The second-order valence-corrected chi connectivity index (χ2v) is 7.58. The van der Waals surface area contributed by atoms with Crippen molar-refractivity contribution in [1.29, 1.82) is 0 Å². The zero-order valence-corrected chi connectivity index (χ0v) is 16.8. The largest absolute Gasteiger partial charge is 0.338 e. The Bertz CT molecular complexity index is 964. The van der Waals surface area contributed by atoms with Crippen molar-refractivity contribution in [1.82, 2.24) is 4.57 Å². The number of quaternary nitrogens is 1. The summed E-state index contributed by atoms with van der Waals surface area (Å²) in [5.41, 5.74) is 4.12. The van der Waals surface area contributed by atoms with Gasteiger partial charge in [0.15, 0.2) is 6.54 Å². The van der Waals surface area contributed by atoms with Gasteiger partial charge in [-0.15, -0.1) is 0 Å². The number of amides is 1. The average Bonchev–Trinajstić information content (AvgIpc) is 3.21. The number of nitrogens with two attached hydrogens (primary N) is 1. The van der Waals surface area contributed by atoms with Crippen molar-refractivity contribution < 1.29 is 10.1 Å². The van der Waals surface area contributed by atoms with Gasteiger partial charge in [0, 0.05) is 11.2 Å². The van der Waals surface area contributed by atoms with Crippen LogP contribution < -0.4 is 10.2 Å². The Balaban J connectivity index is 1.77. The van der Waals surface area contributed by atoms with Gasteiger partial charge >= 0.3 is 0 Å². The number of nitrogens with zero attached hydrogens (tertiary/aromatic N) is 2. The third-order valence-electron chi connectivity index (χ3n) is 5.25. The molecule has 1 amide bonds. The van der Waals surface area contributed by atoms with Crippen molar-refractivity contribution >= 4 is 23.2 Å². The Morgan fingerprint density at radius 3 is 2.54 bits per heavy atom. The molecule has 1 aromatic heterocycles. The Morgan fingerprint density at radius 2 is 1.79 bits per heavy atom. The summed E-state index contributed by atoms with van der Waals surface area (Å²) in [4.78, 5) is 15.3. The molecule has 28 heavy (non-hydrogen) atoms. The molecule has 4 rings (SSSR count). The van der Waals surface area contributed by atoms with Crippen LogP contribution in [0.4, 0.5) is 5.69 Å². The van der Waals surface area contributed by atoms with Crippen molar-refractivity contribution in [2.45, 2.75) is 25.8 Å². The minimum Gasteiger partial charge on any atom is -0.338 e. The predicted molar refractivity (Wildman–Crippen MR) is 113 cm³/mol. The van der Waals surface area contributed by atoms with E-state index in [-0.39, 0.29) is 11.9 Å². The van der Waals surface area contributed by atoms with Crippen molar-refractivity contribution in [3.8, 4) is 5.69 Å². The van der Waals surface area contributed by atoms with E-state index in [1.54, 1.807) is 0 Å². The molecule has 5 heteroatoms. The van der Waals surface area contributed by atoms with Crippen molar-refractivity contribution in [3.05, 3.63) is 83.1 Å². The third kappa shape index (κ3) is 3.46. The van der Waals surface area contributed by atoms with E-state index in [9.17, 15) is 4.79 Å². The van der Waals surface area contributed by atoms with Crippen LogP contribution in [0.2, 0.25) is 5.02 Å². The highest BCUT2D eigenvalue weighted by molar-refractivity contribution is 6.30. The lowest BCUT2D eigenvalue weighted by atomic mass is 9.97. The number of aromatic nitrogens is 1. The minimum absolute atomic E-state index is 0.121. The lowest BCUT2D eigenvalue weighted by Crippen LogP contribution is -2.86. The summed E-state index contributed by atoms with van der Waals surface area (Å²) in [6.07, 6.45) is 4.32. The van der Waals surface area contributed by atoms with Crippen molar-refractivity contribution in [2.24, 2.45) is 0 Å². The van der Waals surface area contributed by atoms with Crippen LogP contribution in [0.3, 0.4) is 0 Å². The fourth-order valence-corrected chi connectivity index (χ4v) is 4.02. The quantitative estimate of drug-likeness (QED) is 0.632. The van der Waals surface area contributed by atoms with Crippen LogP contribution in [0, 0.1) is 0 Å². The molecular formula is C23H25ClN3O+. The number of benzene rings is 2. The zero-order chi connectivity index (χ0) is 19.5. The summed E-state index contributed by atoms with van der Waals surface area (Å²) < 4.78 is 2.18. The lowest BCUT2D eigenvalue weighted by molar-refractivity contribution is -0.644. The molecule has 0 unspecified atom stereocenters. The van der Waals surface area contributed by atoms with E-state index >= 15 is 0 Å². The van der Waals surface area contributed by atoms with Gasteiger partial charge in [-0.25, -0.2) is 0 Å². The van der Waals surface area contributed by atoms with E-state index in [1.807, 2.05) is 53.4 Å². The molecule has 2 N–H and O–H groups in total. The summed E-state index contributed by atoms with van der Waals surface area (Å²) >= 11 is 6.12. The summed E-state index contributed by atoms with van der Waals surface area (Å²) in [7, 11) is 0. The van der Waals surface area contributed by atoms with Gasteiger partial charge in [-0.05, 0) is 48.4 Å². The van der Waals surface area contributed by atoms with E-state index in [4.69, 9.17) is 11.6 Å². The van der Waals surface area contributed by atoms with Crippen LogP contribution in [-0.2, 0) is 4.79 Å². The maximum Gasteiger partial charge on any atom is 0.283 e. The normalized spacial score (nSPS) is 15.2. The number of carbonyl (C=O) groups is 1. The monoisotopic (exact) mass is 394 g/mol. The smallest absolute Gasteiger partial charge is 0.283 e. The van der Waals surface area contributed by atoms with Gasteiger partial charge in [0.25, 0.3) is 5.91 Å². The average molecular weight is 395 g/mol. The Kier molecular flexibility index (Phi) is 5.51. The summed E-state index contributed by atoms with van der Waals surface area (Å²) in [6, 6.07) is 19.9. The third-order valence-corrected chi connectivity index (χ3v) is 5.51. The van der Waals surface area contributed by atoms with Gasteiger partial charge in [0.2, 0.25) is 0 Å². The van der Waals surface area contributed by atoms with Crippen LogP contribution in [0.15, 0.2) is 66.9 Å². The van der Waals surface area contributed by atoms with E-state index in [2.05, 4.69) is 35.1 Å². The molecule has 0 saturated heterocycles. The number of halogens is 1. The molecule has 2 heterocycles. The molecule has 1 atom stereocenters. The van der Waals surface area contributed by atoms with Crippen molar-refractivity contribution in [2.75, 3.05) is 18.0 Å². The molecule has 0 radical (unpaired) electrons. The van der Waals surface area contributed by atoms with Gasteiger partial charge < -0.3 is 9.88 Å². The molecule has 0 bridgehead atoms. The molecule has 1 aliphatic rings. The lowest BCUT2D eigenvalue weighted by Gasteiger charge is -2.38. The maximum absolute atomic E-state index is 13.4. The highest BCUT2D eigenvalue weighted by atomic mass is 35.5. The highest BCUT2D eigenvalue weighted by Crippen LogP contribution is 2.42. The molecule has 0 spiro atoms. The summed E-state index contributed by atoms with van der Waals surface area (Å²) in [5.74, 6) is 0.121. The van der Waals surface area contributed by atoms with Gasteiger partial charge in [0.1, 0.15) is 6.04 Å². The molecule has 0 saturated carbocycles. The Labute approximate surface area is 170 Å². The van der Waals surface area contributed by atoms with E-state index < -0.39 is 0 Å². The van der Waals surface area contributed by atoms with E-state index in [1.165, 1.54) is 0 Å². The first-order chi connectivity index (χ1) is 13.7. The number of unbranched alkanes of at least 4 members (excludes halogenated alkanes) is 1. The minimum atomic E-state index is -0.172. The van der Waals surface area contributed by atoms with E-state index in [0.29, 0.717) is 11.6 Å². The molecule has 3 aromatic rings. The summed E-state index contributed by atoms with van der Waals surface area (Å²) in [6.45, 7) is 3.58. The maximum atomic E-state index is 13.4. The molecule has 0 aliphatic carbocycles. The number of carbonyl (C=O) groups excluding carboxylic acids is 1. The molecule has 1 aliphatic heterocycles. The Morgan fingerprint density at radius 1 is 1.04 bits per heavy atom. The first-order valence-corrected chi connectivity index (χ1v) is 10.2. The number of anilines is 1. The standard InChI is InChI=1S/C23H24ClN3O/c1-2-3-14-25-16-22(28)27-20-8-5-4-7-19(20)26-15-6-9-21(26)23(27)17-10-12-18(24)13-11-17/h4-13,15,23,25H,2-3,14,16H2,1H3/p+1/t23-/m0/s1. The van der Waals surface area contributed by atoms with Gasteiger partial charge in [-0.2, -0.15) is 0 Å². The highest BCUT2D eigenvalue weighted by Gasteiger charge is 2.36. The van der Waals surface area contributed by atoms with E-state index in [0.717, 1.165) is 42.0 Å². The fourth-order valence-electron chi connectivity index (χ4n) is 3.89. The number of para-hydroxylation sites is 2. The van der Waals surface area contributed by atoms with Crippen LogP contribution in [0.25, 0.3) is 5.69 Å². The van der Waals surface area contributed by atoms with Crippen molar-refractivity contribution in [3.63, 3.8) is 0 Å². The molecule has 144 valence electrons. The topological polar surface area (TPSA) is 41.9 Å². The van der Waals surface area contributed by atoms with Crippen LogP contribution in [0.1, 0.15) is 37.1 Å². The SMILES string of the molecule is CCCC[NH2+]CC(=O)N1c2ccccc2-n2cccc2[C@@H]1c1ccc(Cl)cc1. The number of fused-ring (bicyclic) bond motifs is 3. The first kappa shape index (κ1) is 18.8. The van der Waals surface area contributed by atoms with Gasteiger partial charge in [-0.3, -0.25) is 9.69 Å². The van der Waals surface area contributed by atoms with Crippen LogP contribution in [-0.4, -0.2) is 23.6 Å². The summed E-state index contributed by atoms with van der Waals surface area (Å²) in [5, 5.41) is 2.81. The van der Waals surface area contributed by atoms with Crippen LogP contribution in [0.5, 0.6) is 0 Å². The van der Waals surface area contributed by atoms with Crippen LogP contribution >= 0.6 is 11.6 Å². The number of rotatable bonds is 6. The fraction of sp³-hybridized carbons (Fsp3) is 0.261. The zero-order valence-electron chi connectivity index (χ0n) is 16.0. The second-order valence-electron chi connectivity index (χ2n) is 7.14. The van der Waals surface area contributed by atoms with Gasteiger partial charge in [0.05, 0.1) is 23.6 Å². The number of hydrogen-bond acceptors (Lipinski definition) is 1. The molecular weight excluding hydrogens is 370 g/mol. The second kappa shape index (κ2) is 8.21. The predicted octanol–water partition coefficient (Wildman–Crippen LogP) is 3.93.